The molecular weight excluding hydrogens is 459 g/mol. The van der Waals surface area contributed by atoms with Crippen molar-refractivity contribution in [2.75, 3.05) is 19.0 Å². The molecule has 0 saturated heterocycles. The second-order valence-electron chi connectivity index (χ2n) is 6.55. The summed E-state index contributed by atoms with van der Waals surface area (Å²) in [6.07, 6.45) is 0.852. The van der Waals surface area contributed by atoms with Crippen LogP contribution < -0.4 is 14.8 Å². The summed E-state index contributed by atoms with van der Waals surface area (Å²) in [5, 5.41) is 10.1. The van der Waals surface area contributed by atoms with Gasteiger partial charge in [-0.15, -0.1) is 16.4 Å². The molecule has 2 aromatic heterocycles. The molecule has 31 heavy (non-hydrogen) atoms. The number of nitrogens with one attached hydrogen (secondary N) is 1. The second-order valence-corrected chi connectivity index (χ2v) is 8.23. The SMILES string of the molecule is COc1ccc(OCCCC(=O)Nc2nc3scc(-c4ccc(Cl)cc4Cl)n3n2)cc1. The molecule has 0 unspecified atom stereocenters. The van der Waals surface area contributed by atoms with E-state index in [0.717, 1.165) is 22.8 Å². The average Bonchev–Trinajstić information content (AvgIpc) is 3.32. The number of thiazole rings is 1. The van der Waals surface area contributed by atoms with Crippen molar-refractivity contribution in [3.63, 3.8) is 0 Å². The number of amides is 1. The molecule has 0 aliphatic rings. The van der Waals surface area contributed by atoms with Crippen molar-refractivity contribution < 1.29 is 14.3 Å². The fourth-order valence-electron chi connectivity index (χ4n) is 2.90. The van der Waals surface area contributed by atoms with Gasteiger partial charge < -0.3 is 9.47 Å². The van der Waals surface area contributed by atoms with Crippen molar-refractivity contribution in [2.45, 2.75) is 12.8 Å². The quantitative estimate of drug-likeness (QED) is 0.336. The van der Waals surface area contributed by atoms with Crippen LogP contribution in [-0.2, 0) is 4.79 Å². The zero-order chi connectivity index (χ0) is 21.8. The molecule has 0 radical (unpaired) electrons. The number of fused-ring (bicyclic) bond motifs is 1. The molecule has 0 spiro atoms. The zero-order valence-corrected chi connectivity index (χ0v) is 18.8. The molecule has 0 bridgehead atoms. The number of aromatic nitrogens is 3. The van der Waals surface area contributed by atoms with Crippen LogP contribution in [0.3, 0.4) is 0 Å². The fraction of sp³-hybridized carbons (Fsp3) is 0.190. The number of hydrogen-bond donors (Lipinski definition) is 1. The van der Waals surface area contributed by atoms with Gasteiger partial charge in [0.2, 0.25) is 16.8 Å². The Morgan fingerprint density at radius 3 is 2.68 bits per heavy atom. The number of ether oxygens (including phenoxy) is 2. The van der Waals surface area contributed by atoms with Gasteiger partial charge in [-0.25, -0.2) is 4.52 Å². The Bertz CT molecular complexity index is 1210. The topological polar surface area (TPSA) is 77.8 Å². The number of rotatable bonds is 8. The summed E-state index contributed by atoms with van der Waals surface area (Å²) in [7, 11) is 1.61. The number of benzene rings is 2. The van der Waals surface area contributed by atoms with Gasteiger partial charge in [0.15, 0.2) is 0 Å². The highest BCUT2D eigenvalue weighted by molar-refractivity contribution is 7.15. The van der Waals surface area contributed by atoms with Gasteiger partial charge in [0.1, 0.15) is 11.5 Å². The number of nitrogens with zero attached hydrogens (tertiary/aromatic N) is 3. The van der Waals surface area contributed by atoms with Gasteiger partial charge in [0.05, 0.1) is 24.4 Å². The van der Waals surface area contributed by atoms with Crippen molar-refractivity contribution in [3.8, 4) is 22.8 Å². The van der Waals surface area contributed by atoms with Gasteiger partial charge in [-0.1, -0.05) is 23.2 Å². The van der Waals surface area contributed by atoms with Gasteiger partial charge >= 0.3 is 0 Å². The number of hydrogen-bond acceptors (Lipinski definition) is 6. The van der Waals surface area contributed by atoms with Crippen molar-refractivity contribution in [1.82, 2.24) is 14.6 Å². The smallest absolute Gasteiger partial charge is 0.250 e. The van der Waals surface area contributed by atoms with Gasteiger partial charge in [-0.3, -0.25) is 10.1 Å². The molecule has 1 N–H and O–H groups in total. The molecule has 2 aromatic carbocycles. The van der Waals surface area contributed by atoms with Crippen LogP contribution >= 0.6 is 34.5 Å². The molecule has 0 saturated carbocycles. The third-order valence-electron chi connectivity index (χ3n) is 4.42. The lowest BCUT2D eigenvalue weighted by Crippen LogP contribution is -2.14. The summed E-state index contributed by atoms with van der Waals surface area (Å²) in [5.74, 6) is 1.56. The first-order valence-corrected chi connectivity index (χ1v) is 11.0. The molecule has 0 aliphatic heterocycles. The van der Waals surface area contributed by atoms with Crippen LogP contribution in [0.4, 0.5) is 5.95 Å². The fourth-order valence-corrected chi connectivity index (χ4v) is 4.23. The maximum absolute atomic E-state index is 12.2. The number of anilines is 1. The van der Waals surface area contributed by atoms with E-state index in [2.05, 4.69) is 15.4 Å². The predicted molar refractivity (Wildman–Crippen MR) is 123 cm³/mol. The van der Waals surface area contributed by atoms with E-state index in [1.807, 2.05) is 35.7 Å². The zero-order valence-electron chi connectivity index (χ0n) is 16.5. The molecule has 4 aromatic rings. The maximum Gasteiger partial charge on any atom is 0.250 e. The minimum absolute atomic E-state index is 0.178. The molecule has 4 rings (SSSR count). The Morgan fingerprint density at radius 1 is 1.16 bits per heavy atom. The summed E-state index contributed by atoms with van der Waals surface area (Å²) >= 11 is 13.7. The molecule has 1 amide bonds. The standard InChI is InChI=1S/C21H18Cl2N4O3S/c1-29-14-5-7-15(8-6-14)30-10-2-3-19(28)24-20-25-21-27(26-20)18(12-31-21)16-9-4-13(22)11-17(16)23/h4-9,11-12H,2-3,10H2,1H3,(H,24,26,28). The first-order valence-electron chi connectivity index (χ1n) is 9.40. The minimum Gasteiger partial charge on any atom is -0.497 e. The maximum atomic E-state index is 12.2. The molecule has 0 aliphatic carbocycles. The first-order chi connectivity index (χ1) is 15.0. The number of methoxy groups -OCH3 is 1. The van der Waals surface area contributed by atoms with Crippen LogP contribution in [0.5, 0.6) is 11.5 Å². The summed E-state index contributed by atoms with van der Waals surface area (Å²) in [5.41, 5.74) is 1.57. The first kappa shape index (κ1) is 21.4. The molecule has 0 fully saturated rings. The van der Waals surface area contributed by atoms with Crippen LogP contribution in [0.15, 0.2) is 47.8 Å². The van der Waals surface area contributed by atoms with Gasteiger partial charge in [0.25, 0.3) is 0 Å². The normalized spacial score (nSPS) is 10.9. The van der Waals surface area contributed by atoms with Crippen molar-refractivity contribution in [3.05, 3.63) is 57.9 Å². The lowest BCUT2D eigenvalue weighted by atomic mass is 10.2. The minimum atomic E-state index is -0.178. The van der Waals surface area contributed by atoms with Crippen molar-refractivity contribution >= 4 is 51.4 Å². The second kappa shape index (κ2) is 9.55. The Balaban J connectivity index is 1.33. The van der Waals surface area contributed by atoms with E-state index in [4.69, 9.17) is 32.7 Å². The lowest BCUT2D eigenvalue weighted by molar-refractivity contribution is -0.116. The largest absolute Gasteiger partial charge is 0.497 e. The third kappa shape index (κ3) is 5.10. The summed E-state index contributed by atoms with van der Waals surface area (Å²) in [4.78, 5) is 17.3. The summed E-state index contributed by atoms with van der Waals surface area (Å²) in [6, 6.07) is 12.6. The van der Waals surface area contributed by atoms with Crippen molar-refractivity contribution in [2.24, 2.45) is 0 Å². The number of halogens is 2. The van der Waals surface area contributed by atoms with E-state index in [1.54, 1.807) is 23.8 Å². The summed E-state index contributed by atoms with van der Waals surface area (Å²) in [6.45, 7) is 0.421. The van der Waals surface area contributed by atoms with Crippen LogP contribution in [0.25, 0.3) is 16.2 Å². The number of carbonyl (C=O) groups excluding carboxylic acids is 1. The van der Waals surface area contributed by atoms with Crippen LogP contribution in [0.2, 0.25) is 10.0 Å². The molecule has 2 heterocycles. The van der Waals surface area contributed by atoms with Gasteiger partial charge in [-0.05, 0) is 48.9 Å². The van der Waals surface area contributed by atoms with Crippen LogP contribution in [-0.4, -0.2) is 34.2 Å². The van der Waals surface area contributed by atoms with Gasteiger partial charge in [-0.2, -0.15) is 4.98 Å². The molecule has 0 atom stereocenters. The highest BCUT2D eigenvalue weighted by Gasteiger charge is 2.15. The van der Waals surface area contributed by atoms with Crippen LogP contribution in [0.1, 0.15) is 12.8 Å². The molecule has 160 valence electrons. The lowest BCUT2D eigenvalue weighted by Gasteiger charge is -2.06. The Morgan fingerprint density at radius 2 is 1.94 bits per heavy atom. The van der Waals surface area contributed by atoms with E-state index in [9.17, 15) is 4.79 Å². The van der Waals surface area contributed by atoms with E-state index in [1.165, 1.54) is 11.3 Å². The highest BCUT2D eigenvalue weighted by atomic mass is 35.5. The highest BCUT2D eigenvalue weighted by Crippen LogP contribution is 2.33. The Labute approximate surface area is 192 Å². The Kier molecular flexibility index (Phi) is 6.60. The monoisotopic (exact) mass is 476 g/mol. The van der Waals surface area contributed by atoms with E-state index < -0.39 is 0 Å². The molecule has 10 heteroatoms. The molecule has 7 nitrogen and oxygen atoms in total. The van der Waals surface area contributed by atoms with E-state index in [0.29, 0.717) is 34.5 Å². The summed E-state index contributed by atoms with van der Waals surface area (Å²) < 4.78 is 12.4. The average molecular weight is 477 g/mol. The van der Waals surface area contributed by atoms with E-state index in [-0.39, 0.29) is 11.9 Å². The van der Waals surface area contributed by atoms with Crippen molar-refractivity contribution in [1.29, 1.82) is 0 Å². The van der Waals surface area contributed by atoms with Crippen LogP contribution in [0, 0.1) is 0 Å². The number of carbonyl (C=O) groups is 1. The van der Waals surface area contributed by atoms with Gasteiger partial charge in [0, 0.05) is 22.4 Å². The van der Waals surface area contributed by atoms with E-state index >= 15 is 0 Å². The molecular formula is C21H18Cl2N4O3S. The predicted octanol–water partition coefficient (Wildman–Crippen LogP) is 5.57. The Hall–Kier alpha value is -2.81. The third-order valence-corrected chi connectivity index (χ3v) is 5.78.